The fourth-order valence-electron chi connectivity index (χ4n) is 6.32. The minimum Gasteiger partial charge on any atom is -0.324 e. The molecule has 1 aliphatic carbocycles. The summed E-state index contributed by atoms with van der Waals surface area (Å²) in [7, 11) is 1.90. The molecule has 3 aromatic rings. The number of carbonyl (C=O) groups excluding carboxylic acids is 2. The normalized spacial score (nSPS) is 29.7. The van der Waals surface area contributed by atoms with E-state index >= 15 is 0 Å². The largest absolute Gasteiger partial charge is 0.324 e. The number of rotatable bonds is 1. The number of halogens is 1. The Morgan fingerprint density at radius 2 is 1.74 bits per heavy atom. The summed E-state index contributed by atoms with van der Waals surface area (Å²) in [6, 6.07) is 22.7. The number of benzene rings is 3. The molecule has 1 N–H and O–H groups in total. The van der Waals surface area contributed by atoms with E-state index in [1.807, 2.05) is 78.7 Å². The summed E-state index contributed by atoms with van der Waals surface area (Å²) in [6.45, 7) is 0.523. The molecule has 1 fully saturated rings. The van der Waals surface area contributed by atoms with Crippen molar-refractivity contribution in [2.24, 2.45) is 5.41 Å². The highest BCUT2D eigenvalue weighted by molar-refractivity contribution is 6.30. The molecule has 0 saturated carbocycles. The lowest BCUT2D eigenvalue weighted by atomic mass is 9.59. The van der Waals surface area contributed by atoms with Gasteiger partial charge in [0.1, 0.15) is 5.54 Å². The Morgan fingerprint density at radius 1 is 1.03 bits per heavy atom. The molecule has 4 nitrogen and oxygen atoms in total. The Bertz CT molecular complexity index is 1290. The van der Waals surface area contributed by atoms with Crippen LogP contribution in [0.3, 0.4) is 0 Å². The topological polar surface area (TPSA) is 49.4 Å². The van der Waals surface area contributed by atoms with Crippen molar-refractivity contribution in [2.45, 2.75) is 17.9 Å². The standard InChI is InChI=1S/C26H21ClN2O2/c1-29-15-21(16-10-12-18(27)13-11-16)25(14-17-6-2-3-7-19(17)23(25)30)26(29)20-8-4-5-9-22(20)28-24(26)31/h2-13,21H,14-15H2,1H3,(H,28,31)/t21-,25+,26+/m0/s1/i/hT. The Morgan fingerprint density at radius 3 is 2.52 bits per heavy atom. The summed E-state index contributed by atoms with van der Waals surface area (Å²) in [5.74, 6) is -0.608. The van der Waals surface area contributed by atoms with E-state index in [1.54, 1.807) is 6.07 Å². The first-order valence-corrected chi connectivity index (χ1v) is 10.8. The maximum Gasteiger partial charge on any atom is 0.250 e. The van der Waals surface area contributed by atoms with Gasteiger partial charge in [0.05, 0.1) is 5.41 Å². The quantitative estimate of drug-likeness (QED) is 0.611. The van der Waals surface area contributed by atoms with Gasteiger partial charge < -0.3 is 5.31 Å². The summed E-state index contributed by atoms with van der Waals surface area (Å²) in [6.07, 6.45) is 0.452. The number of nitrogens with one attached hydrogen (secondary N) is 1. The number of carbonyl (C=O) groups is 2. The van der Waals surface area contributed by atoms with Gasteiger partial charge >= 0.3 is 0 Å². The fourth-order valence-corrected chi connectivity index (χ4v) is 6.44. The summed E-state index contributed by atoms with van der Waals surface area (Å²) >= 11 is 6.17. The highest BCUT2D eigenvalue weighted by Gasteiger charge is 2.74. The van der Waals surface area contributed by atoms with Crippen LogP contribution in [-0.4, -0.2) is 30.2 Å². The van der Waals surface area contributed by atoms with E-state index in [2.05, 4.69) is 0 Å². The highest BCUT2D eigenvalue weighted by atomic mass is 35.5. The van der Waals surface area contributed by atoms with Crippen molar-refractivity contribution in [1.82, 2.24) is 4.90 Å². The van der Waals surface area contributed by atoms with E-state index in [-0.39, 0.29) is 17.6 Å². The van der Waals surface area contributed by atoms with Crippen molar-refractivity contribution < 1.29 is 11.0 Å². The third-order valence-corrected chi connectivity index (χ3v) is 7.76. The van der Waals surface area contributed by atoms with Gasteiger partial charge in [0.25, 0.3) is 5.91 Å². The Hall–Kier alpha value is -2.95. The van der Waals surface area contributed by atoms with Gasteiger partial charge in [0.15, 0.2) is 7.20 Å². The number of Topliss-reactive ketones (excluding diaryl/α,β-unsaturated/α-hetero) is 1. The second-order valence-corrected chi connectivity index (χ2v) is 9.20. The average molecular weight is 431 g/mol. The van der Waals surface area contributed by atoms with Crippen LogP contribution < -0.4 is 5.31 Å². The molecule has 1 saturated heterocycles. The van der Waals surface area contributed by atoms with E-state index in [9.17, 15) is 9.59 Å². The van der Waals surface area contributed by atoms with Crippen LogP contribution in [0.25, 0.3) is 0 Å². The molecule has 0 unspecified atom stereocenters. The van der Waals surface area contributed by atoms with Crippen LogP contribution in [0.4, 0.5) is 5.69 Å². The zero-order valence-corrected chi connectivity index (χ0v) is 17.8. The molecule has 2 heterocycles. The fraction of sp³-hybridized carbons (Fsp3) is 0.231. The summed E-state index contributed by atoms with van der Waals surface area (Å²) in [5, 5.41) is 1.61. The van der Waals surface area contributed by atoms with Gasteiger partial charge in [0.2, 0.25) is 0 Å². The monoisotopic (exact) mass is 430 g/mol. The highest BCUT2D eigenvalue weighted by Crippen LogP contribution is 2.66. The maximum atomic E-state index is 14.4. The molecule has 5 heteroatoms. The summed E-state index contributed by atoms with van der Waals surface area (Å²) in [5.41, 5.74) is 1.60. The van der Waals surface area contributed by atoms with Gasteiger partial charge in [-0.3, -0.25) is 14.5 Å². The molecule has 6 rings (SSSR count). The van der Waals surface area contributed by atoms with Gasteiger partial charge in [0, 0.05) is 34.3 Å². The molecule has 2 aliphatic heterocycles. The third-order valence-electron chi connectivity index (χ3n) is 7.50. The van der Waals surface area contributed by atoms with Gasteiger partial charge in [-0.2, -0.15) is 0 Å². The number of fused-ring (bicyclic) bond motifs is 4. The summed E-state index contributed by atoms with van der Waals surface area (Å²) in [4.78, 5) is 30.4. The predicted octanol–water partition coefficient (Wildman–Crippen LogP) is 4.64. The molecule has 0 radical (unpaired) electrons. The minimum atomic E-state index is -1.24. The van der Waals surface area contributed by atoms with Crippen LogP contribution in [0.2, 0.25) is 6.43 Å². The molecule has 154 valence electrons. The van der Waals surface area contributed by atoms with Crippen molar-refractivity contribution in [2.75, 3.05) is 18.9 Å². The Balaban J connectivity index is 1.68. The number of nitrogens with zero attached hydrogens (tertiary/aromatic N) is 1. The van der Waals surface area contributed by atoms with Crippen molar-refractivity contribution in [3.05, 3.63) is 100 Å². The third kappa shape index (κ3) is 2.14. The Labute approximate surface area is 187 Å². The van der Waals surface area contributed by atoms with Crippen molar-refractivity contribution >= 4 is 29.0 Å². The molecule has 0 bridgehead atoms. The molecule has 0 aromatic heterocycles. The second-order valence-electron chi connectivity index (χ2n) is 8.76. The number of para-hydroxylation sites is 1. The smallest absolute Gasteiger partial charge is 0.250 e. The molecular formula is C26H21ClN2O2. The SMILES string of the molecule is [3H]N1C(=O)[C@@]2(c3ccccc31)N(C)C[C@@H](c1ccc(Cl)cc1)[C@@]21Cc2ccccc2C1=O. The maximum absolute atomic E-state index is 14.4. The minimum absolute atomic E-state index is 0.0177. The van der Waals surface area contributed by atoms with Crippen molar-refractivity contribution in [3.8, 4) is 0 Å². The van der Waals surface area contributed by atoms with E-state index in [0.29, 0.717) is 29.2 Å². The van der Waals surface area contributed by atoms with Crippen LogP contribution in [0.1, 0.15) is 33.0 Å². The average Bonchev–Trinajstić information content (AvgIpc) is 3.34. The van der Waals surface area contributed by atoms with Crippen LogP contribution in [0.15, 0.2) is 72.8 Å². The Kier molecular flexibility index (Phi) is 3.59. The van der Waals surface area contributed by atoms with Crippen LogP contribution in [0.5, 0.6) is 0 Å². The van der Waals surface area contributed by atoms with E-state index in [0.717, 1.165) is 22.0 Å². The first kappa shape index (κ1) is 17.7. The van der Waals surface area contributed by atoms with Gasteiger partial charge in [-0.05, 0) is 42.8 Å². The molecule has 31 heavy (non-hydrogen) atoms. The molecule has 1 amide bonds. The molecule has 3 atom stereocenters. The lowest BCUT2D eigenvalue weighted by Gasteiger charge is -2.43. The van der Waals surface area contributed by atoms with E-state index in [1.165, 1.54) is 0 Å². The van der Waals surface area contributed by atoms with Gasteiger partial charge in [-0.1, -0.05) is 66.2 Å². The number of hydrogen-bond acceptors (Lipinski definition) is 3. The predicted molar refractivity (Wildman–Crippen MR) is 120 cm³/mol. The van der Waals surface area contributed by atoms with Gasteiger partial charge in [-0.25, -0.2) is 0 Å². The first-order valence-electron chi connectivity index (χ1n) is 10.9. The number of anilines is 1. The molecular weight excluding hydrogens is 408 g/mol. The molecule has 2 spiro atoms. The van der Waals surface area contributed by atoms with Crippen molar-refractivity contribution in [1.29, 1.82) is 0 Å². The molecule has 3 aromatic carbocycles. The molecule has 3 aliphatic rings. The van der Waals surface area contributed by atoms with Crippen LogP contribution >= 0.6 is 11.6 Å². The zero-order valence-electron chi connectivity index (χ0n) is 18.0. The zero-order chi connectivity index (χ0) is 22.3. The number of ketones is 1. The first-order chi connectivity index (χ1) is 15.4. The number of hydrogen-bond donors (Lipinski definition) is 1. The lowest BCUT2D eigenvalue weighted by molar-refractivity contribution is -0.130. The van der Waals surface area contributed by atoms with Crippen LogP contribution in [-0.2, 0) is 16.8 Å². The van der Waals surface area contributed by atoms with Crippen LogP contribution in [0, 0.1) is 5.41 Å². The second kappa shape index (κ2) is 6.28. The lowest BCUT2D eigenvalue weighted by Crippen LogP contribution is -2.58. The van der Waals surface area contributed by atoms with Gasteiger partial charge in [-0.15, -0.1) is 0 Å². The van der Waals surface area contributed by atoms with E-state index < -0.39 is 11.0 Å². The number of likely N-dealkylation sites (N-methyl/N-ethyl adjacent to an activating group) is 1. The summed E-state index contributed by atoms with van der Waals surface area (Å²) < 4.78 is 8.60. The van der Waals surface area contributed by atoms with E-state index in [4.69, 9.17) is 13.0 Å². The number of likely N-dealkylation sites (tertiary alicyclic amines) is 1. The number of amides is 1. The van der Waals surface area contributed by atoms with Crippen molar-refractivity contribution in [3.63, 3.8) is 0 Å².